The van der Waals surface area contributed by atoms with Gasteiger partial charge in [-0.25, -0.2) is 0 Å². The maximum absolute atomic E-state index is 10.8. The van der Waals surface area contributed by atoms with E-state index in [1.165, 1.54) is 6.42 Å². The second kappa shape index (κ2) is 3.87. The van der Waals surface area contributed by atoms with E-state index < -0.39 is 12.0 Å². The third-order valence-electron chi connectivity index (χ3n) is 3.24. The van der Waals surface area contributed by atoms with E-state index >= 15 is 0 Å². The van der Waals surface area contributed by atoms with E-state index in [9.17, 15) is 4.79 Å². The lowest BCUT2D eigenvalue weighted by Gasteiger charge is -2.41. The molecule has 0 bridgehead atoms. The smallest absolute Gasteiger partial charge is 0.323 e. The molecule has 14 heavy (non-hydrogen) atoms. The number of hydrogen-bond acceptors (Lipinski definition) is 3. The lowest BCUT2D eigenvalue weighted by Crippen LogP contribution is -2.58. The van der Waals surface area contributed by atoms with Crippen molar-refractivity contribution in [2.45, 2.75) is 44.4 Å². The van der Waals surface area contributed by atoms with Crippen LogP contribution in [-0.4, -0.2) is 35.9 Å². The van der Waals surface area contributed by atoms with Crippen molar-refractivity contribution in [3.05, 3.63) is 0 Å². The van der Waals surface area contributed by atoms with Gasteiger partial charge >= 0.3 is 5.97 Å². The van der Waals surface area contributed by atoms with E-state index in [2.05, 4.69) is 12.2 Å². The number of ether oxygens (including phenoxy) is 1. The Morgan fingerprint density at radius 3 is 3.00 bits per heavy atom. The number of rotatable bonds is 1. The van der Waals surface area contributed by atoms with Gasteiger partial charge in [-0.2, -0.15) is 0 Å². The van der Waals surface area contributed by atoms with Gasteiger partial charge in [0.25, 0.3) is 0 Å². The third kappa shape index (κ3) is 1.91. The minimum absolute atomic E-state index is 0.238. The van der Waals surface area contributed by atoms with Crippen molar-refractivity contribution in [1.29, 1.82) is 0 Å². The van der Waals surface area contributed by atoms with Gasteiger partial charge < -0.3 is 9.84 Å². The molecule has 4 atom stereocenters. The second-order valence-electron chi connectivity index (χ2n) is 4.45. The van der Waals surface area contributed by atoms with Gasteiger partial charge in [-0.1, -0.05) is 6.92 Å². The zero-order valence-corrected chi connectivity index (χ0v) is 8.40. The average molecular weight is 199 g/mol. The predicted molar refractivity (Wildman–Crippen MR) is 51.1 cm³/mol. The normalized spacial score (nSPS) is 42.9. The van der Waals surface area contributed by atoms with Crippen molar-refractivity contribution in [2.75, 3.05) is 6.61 Å². The molecule has 1 heterocycles. The molecule has 1 aliphatic heterocycles. The van der Waals surface area contributed by atoms with Gasteiger partial charge in [-0.3, -0.25) is 10.1 Å². The largest absolute Gasteiger partial charge is 0.480 e. The van der Waals surface area contributed by atoms with E-state index in [1.54, 1.807) is 0 Å². The Labute approximate surface area is 83.6 Å². The summed E-state index contributed by atoms with van der Waals surface area (Å²) in [6.07, 6.45) is 3.53. The lowest BCUT2D eigenvalue weighted by atomic mass is 9.83. The zero-order chi connectivity index (χ0) is 10.1. The number of carboxylic acid groups (broad SMARTS) is 1. The molecule has 0 aromatic rings. The molecule has 2 fully saturated rings. The Morgan fingerprint density at radius 2 is 2.29 bits per heavy atom. The maximum Gasteiger partial charge on any atom is 0.323 e. The third-order valence-corrected chi connectivity index (χ3v) is 3.24. The zero-order valence-electron chi connectivity index (χ0n) is 8.40. The number of nitrogens with one attached hydrogen (secondary N) is 1. The van der Waals surface area contributed by atoms with Crippen molar-refractivity contribution in [3.63, 3.8) is 0 Å². The molecule has 0 amide bonds. The highest BCUT2D eigenvalue weighted by Crippen LogP contribution is 2.28. The molecule has 2 rings (SSSR count). The number of hydrogen-bond donors (Lipinski definition) is 2. The fraction of sp³-hybridized carbons (Fsp3) is 0.900. The Kier molecular flexibility index (Phi) is 2.74. The first kappa shape index (κ1) is 9.93. The molecule has 4 unspecified atom stereocenters. The van der Waals surface area contributed by atoms with E-state index in [1.807, 2.05) is 0 Å². The molecule has 2 aliphatic rings. The molecule has 1 aliphatic carbocycles. The molecule has 0 radical (unpaired) electrons. The van der Waals surface area contributed by atoms with Crippen molar-refractivity contribution in [1.82, 2.24) is 5.32 Å². The van der Waals surface area contributed by atoms with Crippen LogP contribution in [0.2, 0.25) is 0 Å². The topological polar surface area (TPSA) is 58.6 Å². The van der Waals surface area contributed by atoms with E-state index in [4.69, 9.17) is 9.84 Å². The van der Waals surface area contributed by atoms with Gasteiger partial charge in [0.2, 0.25) is 0 Å². The molecule has 4 heteroatoms. The van der Waals surface area contributed by atoms with Gasteiger partial charge in [-0.15, -0.1) is 0 Å². The van der Waals surface area contributed by atoms with Crippen molar-refractivity contribution in [2.24, 2.45) is 5.92 Å². The summed E-state index contributed by atoms with van der Waals surface area (Å²) in [6.45, 7) is 2.52. The monoisotopic (exact) mass is 199 g/mol. The van der Waals surface area contributed by atoms with Crippen LogP contribution in [0.3, 0.4) is 0 Å². The summed E-state index contributed by atoms with van der Waals surface area (Å²) in [7, 11) is 0. The van der Waals surface area contributed by atoms with Crippen LogP contribution in [0, 0.1) is 5.92 Å². The summed E-state index contributed by atoms with van der Waals surface area (Å²) < 4.78 is 5.56. The van der Waals surface area contributed by atoms with Crippen LogP contribution in [0.25, 0.3) is 0 Å². The molecule has 2 N–H and O–H groups in total. The van der Waals surface area contributed by atoms with Crippen molar-refractivity contribution >= 4 is 5.97 Å². The lowest BCUT2D eigenvalue weighted by molar-refractivity contribution is -0.147. The first-order chi connectivity index (χ1) is 6.66. The molecule has 0 aromatic heterocycles. The maximum atomic E-state index is 10.8. The van der Waals surface area contributed by atoms with Crippen molar-refractivity contribution < 1.29 is 14.6 Å². The highest BCUT2D eigenvalue weighted by atomic mass is 16.5. The highest BCUT2D eigenvalue weighted by molar-refractivity contribution is 5.73. The molecule has 4 nitrogen and oxygen atoms in total. The van der Waals surface area contributed by atoms with Crippen LogP contribution in [0.4, 0.5) is 0 Å². The molecular weight excluding hydrogens is 182 g/mol. The van der Waals surface area contributed by atoms with E-state index in [-0.39, 0.29) is 12.1 Å². The van der Waals surface area contributed by atoms with Crippen molar-refractivity contribution in [3.8, 4) is 0 Å². The van der Waals surface area contributed by atoms with Gasteiger partial charge in [0.15, 0.2) is 0 Å². The van der Waals surface area contributed by atoms with Crippen LogP contribution >= 0.6 is 0 Å². The van der Waals surface area contributed by atoms with Crippen LogP contribution in [0.1, 0.15) is 26.2 Å². The fourth-order valence-electron chi connectivity index (χ4n) is 2.40. The summed E-state index contributed by atoms with van der Waals surface area (Å²) in [6, 6.07) is -0.268. The summed E-state index contributed by atoms with van der Waals surface area (Å²) >= 11 is 0. The van der Waals surface area contributed by atoms with Crippen LogP contribution in [0.5, 0.6) is 0 Å². The Balaban J connectivity index is 1.96. The Morgan fingerprint density at radius 1 is 1.50 bits per heavy atom. The first-order valence-corrected chi connectivity index (χ1v) is 5.27. The standard InChI is InChI=1S/C10H17NO3/c1-6-2-3-9-7(4-6)11-8(5-14-9)10(12)13/h6-9,11H,2-5H2,1H3,(H,12,13). The fourth-order valence-corrected chi connectivity index (χ4v) is 2.40. The molecular formula is C10H17NO3. The molecule has 0 spiro atoms. The quantitative estimate of drug-likeness (QED) is 0.650. The Bertz CT molecular complexity index is 231. The number of carbonyl (C=O) groups is 1. The van der Waals surface area contributed by atoms with Crippen LogP contribution in [0.15, 0.2) is 0 Å². The minimum Gasteiger partial charge on any atom is -0.480 e. The summed E-state index contributed by atoms with van der Waals surface area (Å²) in [5.41, 5.74) is 0. The van der Waals surface area contributed by atoms with Crippen LogP contribution < -0.4 is 5.32 Å². The van der Waals surface area contributed by atoms with E-state index in [0.717, 1.165) is 12.8 Å². The predicted octanol–water partition coefficient (Wildman–Crippen LogP) is 0.617. The Hall–Kier alpha value is -0.610. The first-order valence-electron chi connectivity index (χ1n) is 5.27. The van der Waals surface area contributed by atoms with Crippen LogP contribution in [-0.2, 0) is 9.53 Å². The SMILES string of the molecule is CC1CCC2OCC(C(=O)O)NC2C1. The summed E-state index contributed by atoms with van der Waals surface area (Å²) in [5, 5.41) is 12.0. The highest BCUT2D eigenvalue weighted by Gasteiger charge is 2.37. The van der Waals surface area contributed by atoms with E-state index in [0.29, 0.717) is 12.5 Å². The van der Waals surface area contributed by atoms with Gasteiger partial charge in [0.05, 0.1) is 12.7 Å². The molecule has 0 aromatic carbocycles. The summed E-state index contributed by atoms with van der Waals surface area (Å²) in [4.78, 5) is 10.8. The summed E-state index contributed by atoms with van der Waals surface area (Å²) in [5.74, 6) is -0.124. The average Bonchev–Trinajstić information content (AvgIpc) is 2.16. The van der Waals surface area contributed by atoms with Gasteiger partial charge in [0, 0.05) is 6.04 Å². The van der Waals surface area contributed by atoms with Gasteiger partial charge in [-0.05, 0) is 25.2 Å². The minimum atomic E-state index is -0.804. The number of fused-ring (bicyclic) bond motifs is 1. The number of carboxylic acids is 1. The van der Waals surface area contributed by atoms with Gasteiger partial charge in [0.1, 0.15) is 6.04 Å². The molecule has 1 saturated heterocycles. The second-order valence-corrected chi connectivity index (χ2v) is 4.45. The number of aliphatic carboxylic acids is 1. The molecule has 1 saturated carbocycles. The molecule has 80 valence electrons. The number of morpholine rings is 1.